The van der Waals surface area contributed by atoms with Gasteiger partial charge in [-0.05, 0) is 12.5 Å². The van der Waals surface area contributed by atoms with E-state index in [0.29, 0.717) is 0 Å². The maximum absolute atomic E-state index is 9.86. The molecule has 0 aromatic carbocycles. The van der Waals surface area contributed by atoms with Gasteiger partial charge in [0.15, 0.2) is 0 Å². The average molecular weight is 184 g/mol. The van der Waals surface area contributed by atoms with E-state index in [1.807, 2.05) is 6.92 Å². The summed E-state index contributed by atoms with van der Waals surface area (Å²) in [6, 6.07) is 1.80. The van der Waals surface area contributed by atoms with Gasteiger partial charge in [0, 0.05) is 20.4 Å². The molecule has 1 N–H and O–H groups in total. The smallest absolute Gasteiger partial charge is 0.122 e. The van der Waals surface area contributed by atoms with Crippen molar-refractivity contribution >= 4 is 0 Å². The van der Waals surface area contributed by atoms with Gasteiger partial charge in [0.05, 0.1) is 11.8 Å². The number of rotatable bonds is 4. The molecule has 0 aliphatic carbocycles. The van der Waals surface area contributed by atoms with Gasteiger partial charge in [0.1, 0.15) is 6.10 Å². The maximum atomic E-state index is 9.86. The molecule has 1 heterocycles. The first-order valence-electron chi connectivity index (χ1n) is 4.39. The average Bonchev–Trinajstić information content (AvgIpc) is 2.53. The summed E-state index contributed by atoms with van der Waals surface area (Å²) in [5.41, 5.74) is 0.786. The molecular weight excluding hydrogens is 168 g/mol. The number of aliphatic hydroxyl groups is 1. The van der Waals surface area contributed by atoms with E-state index in [0.717, 1.165) is 12.1 Å². The zero-order valence-corrected chi connectivity index (χ0v) is 8.27. The number of hydrogen-bond acceptors (Lipinski definition) is 3. The van der Waals surface area contributed by atoms with Crippen LogP contribution in [0.5, 0.6) is 0 Å². The molecule has 1 aromatic heterocycles. The quantitative estimate of drug-likeness (QED) is 0.755. The van der Waals surface area contributed by atoms with Crippen LogP contribution in [0.2, 0.25) is 0 Å². The van der Waals surface area contributed by atoms with Crippen molar-refractivity contribution in [3.63, 3.8) is 0 Å². The monoisotopic (exact) mass is 184 g/mol. The van der Waals surface area contributed by atoms with Crippen LogP contribution >= 0.6 is 0 Å². The summed E-state index contributed by atoms with van der Waals surface area (Å²) in [5, 5.41) is 13.9. The van der Waals surface area contributed by atoms with Crippen LogP contribution in [-0.4, -0.2) is 28.1 Å². The number of aliphatic hydroxyl groups excluding tert-OH is 1. The Labute approximate surface area is 78.1 Å². The van der Waals surface area contributed by atoms with Crippen LogP contribution < -0.4 is 0 Å². The Hall–Kier alpha value is -0.870. The Morgan fingerprint density at radius 3 is 2.77 bits per heavy atom. The normalized spacial score (nSPS) is 15.7. The summed E-state index contributed by atoms with van der Waals surface area (Å²) in [6.45, 7) is 1.98. The second-order valence-corrected chi connectivity index (χ2v) is 3.01. The molecular formula is C9H16N2O2. The lowest BCUT2D eigenvalue weighted by Gasteiger charge is -2.19. The van der Waals surface area contributed by atoms with Crippen molar-refractivity contribution in [3.8, 4) is 0 Å². The van der Waals surface area contributed by atoms with Gasteiger partial charge in [-0.25, -0.2) is 0 Å². The molecule has 0 saturated carbocycles. The second kappa shape index (κ2) is 4.39. The fourth-order valence-corrected chi connectivity index (χ4v) is 1.38. The van der Waals surface area contributed by atoms with Gasteiger partial charge in [0.25, 0.3) is 0 Å². The predicted molar refractivity (Wildman–Crippen MR) is 49.3 cm³/mol. The Balaban J connectivity index is 2.77. The van der Waals surface area contributed by atoms with E-state index in [1.54, 1.807) is 31.1 Å². The standard InChI is InChI=1S/C9H16N2O2/c1-4-8(13-3)9(12)7-5-6-10-11(7)2/h5-6,8-9,12H,4H2,1-3H3. The van der Waals surface area contributed by atoms with E-state index in [2.05, 4.69) is 5.10 Å². The van der Waals surface area contributed by atoms with Crippen molar-refractivity contribution in [1.29, 1.82) is 0 Å². The molecule has 0 saturated heterocycles. The number of nitrogens with zero attached hydrogens (tertiary/aromatic N) is 2. The molecule has 0 amide bonds. The van der Waals surface area contributed by atoms with Gasteiger partial charge in [-0.3, -0.25) is 4.68 Å². The van der Waals surface area contributed by atoms with Crippen molar-refractivity contribution in [3.05, 3.63) is 18.0 Å². The van der Waals surface area contributed by atoms with Gasteiger partial charge in [-0.2, -0.15) is 5.10 Å². The molecule has 1 rings (SSSR count). The topological polar surface area (TPSA) is 47.3 Å². The maximum Gasteiger partial charge on any atom is 0.122 e. The third kappa shape index (κ3) is 2.08. The highest BCUT2D eigenvalue weighted by Crippen LogP contribution is 2.19. The largest absolute Gasteiger partial charge is 0.384 e. The number of methoxy groups -OCH3 is 1. The van der Waals surface area contributed by atoms with Crippen molar-refractivity contribution < 1.29 is 9.84 Å². The van der Waals surface area contributed by atoms with Crippen LogP contribution in [0, 0.1) is 0 Å². The van der Waals surface area contributed by atoms with Crippen molar-refractivity contribution in [2.75, 3.05) is 7.11 Å². The highest BCUT2D eigenvalue weighted by Gasteiger charge is 2.20. The van der Waals surface area contributed by atoms with Crippen LogP contribution in [-0.2, 0) is 11.8 Å². The molecule has 0 spiro atoms. The fraction of sp³-hybridized carbons (Fsp3) is 0.667. The fourth-order valence-electron chi connectivity index (χ4n) is 1.38. The lowest BCUT2D eigenvalue weighted by atomic mass is 10.1. The first kappa shape index (κ1) is 10.2. The van der Waals surface area contributed by atoms with Crippen molar-refractivity contribution in [1.82, 2.24) is 9.78 Å². The summed E-state index contributed by atoms with van der Waals surface area (Å²) in [4.78, 5) is 0. The summed E-state index contributed by atoms with van der Waals surface area (Å²) < 4.78 is 6.81. The molecule has 0 aliphatic heterocycles. The Morgan fingerprint density at radius 1 is 1.69 bits per heavy atom. The van der Waals surface area contributed by atoms with E-state index in [9.17, 15) is 5.11 Å². The molecule has 0 radical (unpaired) electrons. The van der Waals surface area contributed by atoms with E-state index in [-0.39, 0.29) is 6.10 Å². The van der Waals surface area contributed by atoms with Gasteiger partial charge < -0.3 is 9.84 Å². The second-order valence-electron chi connectivity index (χ2n) is 3.01. The van der Waals surface area contributed by atoms with Gasteiger partial charge in [-0.1, -0.05) is 6.92 Å². The van der Waals surface area contributed by atoms with Crippen LogP contribution in [0.25, 0.3) is 0 Å². The van der Waals surface area contributed by atoms with Crippen LogP contribution in [0.3, 0.4) is 0 Å². The number of hydrogen-bond donors (Lipinski definition) is 1. The number of aryl methyl sites for hydroxylation is 1. The summed E-state index contributed by atoms with van der Waals surface area (Å²) in [5.74, 6) is 0. The first-order chi connectivity index (χ1) is 6.20. The minimum absolute atomic E-state index is 0.157. The zero-order chi connectivity index (χ0) is 9.84. The van der Waals surface area contributed by atoms with Crippen LogP contribution in [0.15, 0.2) is 12.3 Å². The Bertz CT molecular complexity index is 256. The van der Waals surface area contributed by atoms with Crippen LogP contribution in [0.1, 0.15) is 25.1 Å². The van der Waals surface area contributed by atoms with E-state index >= 15 is 0 Å². The Kier molecular flexibility index (Phi) is 3.45. The van der Waals surface area contributed by atoms with Gasteiger partial charge in [0.2, 0.25) is 0 Å². The van der Waals surface area contributed by atoms with E-state index < -0.39 is 6.10 Å². The lowest BCUT2D eigenvalue weighted by Crippen LogP contribution is -2.22. The van der Waals surface area contributed by atoms with Crippen molar-refractivity contribution in [2.24, 2.45) is 7.05 Å². The minimum atomic E-state index is -0.595. The molecule has 2 unspecified atom stereocenters. The molecule has 74 valence electrons. The molecule has 0 fully saturated rings. The third-order valence-electron chi connectivity index (χ3n) is 2.22. The van der Waals surface area contributed by atoms with Crippen molar-refractivity contribution in [2.45, 2.75) is 25.6 Å². The summed E-state index contributed by atoms with van der Waals surface area (Å²) >= 11 is 0. The molecule has 2 atom stereocenters. The minimum Gasteiger partial charge on any atom is -0.384 e. The molecule has 0 aliphatic rings. The van der Waals surface area contributed by atoms with Crippen LogP contribution in [0.4, 0.5) is 0 Å². The SMILES string of the molecule is CCC(OC)C(O)c1ccnn1C. The Morgan fingerprint density at radius 2 is 2.38 bits per heavy atom. The van der Waals surface area contributed by atoms with E-state index in [4.69, 9.17) is 4.74 Å². The molecule has 0 bridgehead atoms. The van der Waals surface area contributed by atoms with Gasteiger partial charge in [-0.15, -0.1) is 0 Å². The first-order valence-corrected chi connectivity index (χ1v) is 4.39. The highest BCUT2D eigenvalue weighted by molar-refractivity contribution is 5.05. The predicted octanol–water partition coefficient (Wildman–Crippen LogP) is 0.879. The molecule has 13 heavy (non-hydrogen) atoms. The van der Waals surface area contributed by atoms with Gasteiger partial charge >= 0.3 is 0 Å². The summed E-state index contributed by atoms with van der Waals surface area (Å²) in [7, 11) is 3.41. The molecule has 4 nitrogen and oxygen atoms in total. The zero-order valence-electron chi connectivity index (χ0n) is 8.27. The van der Waals surface area contributed by atoms with E-state index in [1.165, 1.54) is 0 Å². The lowest BCUT2D eigenvalue weighted by molar-refractivity contribution is -0.0186. The third-order valence-corrected chi connectivity index (χ3v) is 2.22. The summed E-state index contributed by atoms with van der Waals surface area (Å²) in [6.07, 6.45) is 1.70. The number of ether oxygens (including phenoxy) is 1. The molecule has 1 aromatic rings. The highest BCUT2D eigenvalue weighted by atomic mass is 16.5. The molecule has 4 heteroatoms. The number of aromatic nitrogens is 2.